The predicted octanol–water partition coefficient (Wildman–Crippen LogP) is 2.04. The lowest BCUT2D eigenvalue weighted by molar-refractivity contribution is 1.08. The predicted molar refractivity (Wildman–Crippen MR) is 41.6 cm³/mol. The van der Waals surface area contributed by atoms with Crippen molar-refractivity contribution >= 4 is 5.57 Å². The summed E-state index contributed by atoms with van der Waals surface area (Å²) in [5.41, 5.74) is 3.67. The van der Waals surface area contributed by atoms with E-state index in [2.05, 4.69) is 17.6 Å². The Labute approximate surface area is 60.4 Å². The van der Waals surface area contributed by atoms with Gasteiger partial charge in [0, 0.05) is 6.20 Å². The highest BCUT2D eigenvalue weighted by Gasteiger charge is 2.13. The summed E-state index contributed by atoms with van der Waals surface area (Å²) < 4.78 is 0. The van der Waals surface area contributed by atoms with Crippen molar-refractivity contribution in [2.75, 3.05) is 0 Å². The molecule has 0 aliphatic heterocycles. The summed E-state index contributed by atoms with van der Waals surface area (Å²) in [5, 5.41) is 0. The van der Waals surface area contributed by atoms with Crippen LogP contribution in [0.4, 0.5) is 0 Å². The molecule has 1 nitrogen and oxygen atoms in total. The van der Waals surface area contributed by atoms with Gasteiger partial charge in [-0.05, 0) is 30.0 Å². The average Bonchev–Trinajstić information content (AvgIpc) is 2.34. The van der Waals surface area contributed by atoms with Crippen LogP contribution in [0, 0.1) is 0 Å². The smallest absolute Gasteiger partial charge is 0.0687 e. The minimum absolute atomic E-state index is 1.09. The van der Waals surface area contributed by atoms with Gasteiger partial charge in [0.25, 0.3) is 0 Å². The van der Waals surface area contributed by atoms with Crippen molar-refractivity contribution in [3.05, 3.63) is 36.2 Å². The first-order valence-corrected chi connectivity index (χ1v) is 3.50. The molecule has 0 spiro atoms. The van der Waals surface area contributed by atoms with Gasteiger partial charge in [0.1, 0.15) is 0 Å². The van der Waals surface area contributed by atoms with Crippen molar-refractivity contribution in [1.29, 1.82) is 0 Å². The lowest BCUT2D eigenvalue weighted by Crippen LogP contribution is -1.83. The standard InChI is InChI=1S/C9H9N/c1-7-4-5-8-3-2-6-10-9(7)8/h2-3,6H,1,4-5H2. The van der Waals surface area contributed by atoms with Crippen molar-refractivity contribution in [2.45, 2.75) is 12.8 Å². The molecule has 2 rings (SSSR count). The van der Waals surface area contributed by atoms with Crippen molar-refractivity contribution in [3.8, 4) is 0 Å². The van der Waals surface area contributed by atoms with E-state index < -0.39 is 0 Å². The van der Waals surface area contributed by atoms with Crippen LogP contribution in [0.25, 0.3) is 5.57 Å². The summed E-state index contributed by atoms with van der Waals surface area (Å²) in [5.74, 6) is 0. The van der Waals surface area contributed by atoms with Crippen LogP contribution in [0.2, 0.25) is 0 Å². The van der Waals surface area contributed by atoms with Gasteiger partial charge in [0.05, 0.1) is 5.69 Å². The van der Waals surface area contributed by atoms with Gasteiger partial charge in [0.15, 0.2) is 0 Å². The number of fused-ring (bicyclic) bond motifs is 1. The van der Waals surface area contributed by atoms with E-state index in [9.17, 15) is 0 Å². The van der Waals surface area contributed by atoms with E-state index in [1.807, 2.05) is 12.3 Å². The third kappa shape index (κ3) is 0.670. The largest absolute Gasteiger partial charge is 0.256 e. The summed E-state index contributed by atoms with van der Waals surface area (Å²) >= 11 is 0. The Morgan fingerprint density at radius 1 is 1.40 bits per heavy atom. The molecule has 0 unspecified atom stereocenters. The number of allylic oxidation sites excluding steroid dienone is 1. The molecule has 1 aliphatic carbocycles. The molecule has 1 aromatic rings. The Morgan fingerprint density at radius 3 is 3.10 bits per heavy atom. The van der Waals surface area contributed by atoms with Crippen LogP contribution in [0.5, 0.6) is 0 Å². The number of aryl methyl sites for hydroxylation is 1. The van der Waals surface area contributed by atoms with Crippen LogP contribution in [0.15, 0.2) is 24.9 Å². The first-order valence-electron chi connectivity index (χ1n) is 3.50. The van der Waals surface area contributed by atoms with Gasteiger partial charge >= 0.3 is 0 Å². The number of rotatable bonds is 0. The molecule has 1 aliphatic rings. The number of nitrogens with zero attached hydrogens (tertiary/aromatic N) is 1. The quantitative estimate of drug-likeness (QED) is 0.525. The zero-order valence-corrected chi connectivity index (χ0v) is 5.80. The molecule has 0 N–H and O–H groups in total. The second-order valence-electron chi connectivity index (χ2n) is 2.61. The van der Waals surface area contributed by atoms with E-state index in [-0.39, 0.29) is 0 Å². The minimum Gasteiger partial charge on any atom is -0.256 e. The fourth-order valence-electron chi connectivity index (χ4n) is 1.36. The maximum atomic E-state index is 4.24. The van der Waals surface area contributed by atoms with Crippen molar-refractivity contribution in [3.63, 3.8) is 0 Å². The molecule has 0 radical (unpaired) electrons. The molecule has 0 saturated carbocycles. The van der Waals surface area contributed by atoms with Crippen LogP contribution in [-0.2, 0) is 6.42 Å². The molecule has 0 atom stereocenters. The van der Waals surface area contributed by atoms with Crippen LogP contribution in [-0.4, -0.2) is 4.98 Å². The number of hydrogen-bond acceptors (Lipinski definition) is 1. The molecule has 50 valence electrons. The Balaban J connectivity index is 2.61. The summed E-state index contributed by atoms with van der Waals surface area (Å²) in [4.78, 5) is 4.24. The second kappa shape index (κ2) is 1.94. The van der Waals surface area contributed by atoms with Crippen LogP contribution >= 0.6 is 0 Å². The minimum atomic E-state index is 1.09. The molecule has 1 aromatic heterocycles. The van der Waals surface area contributed by atoms with Gasteiger partial charge in [0.2, 0.25) is 0 Å². The highest BCUT2D eigenvalue weighted by atomic mass is 14.7. The maximum Gasteiger partial charge on any atom is 0.0687 e. The second-order valence-corrected chi connectivity index (χ2v) is 2.61. The van der Waals surface area contributed by atoms with Crippen LogP contribution < -0.4 is 0 Å². The van der Waals surface area contributed by atoms with E-state index in [0.717, 1.165) is 18.5 Å². The van der Waals surface area contributed by atoms with Gasteiger partial charge in [-0.25, -0.2) is 0 Å². The Hall–Kier alpha value is -1.11. The maximum absolute atomic E-state index is 4.24. The number of aromatic nitrogens is 1. The topological polar surface area (TPSA) is 12.9 Å². The molecule has 0 fully saturated rings. The van der Waals surface area contributed by atoms with E-state index in [4.69, 9.17) is 0 Å². The third-order valence-electron chi connectivity index (χ3n) is 1.92. The molecular formula is C9H9N. The first-order chi connectivity index (χ1) is 4.88. The Morgan fingerprint density at radius 2 is 2.30 bits per heavy atom. The highest BCUT2D eigenvalue weighted by Crippen LogP contribution is 2.27. The summed E-state index contributed by atoms with van der Waals surface area (Å²) in [7, 11) is 0. The fourth-order valence-corrected chi connectivity index (χ4v) is 1.36. The molecule has 1 heterocycles. The van der Waals surface area contributed by atoms with Gasteiger partial charge in [-0.2, -0.15) is 0 Å². The zero-order chi connectivity index (χ0) is 6.97. The SMILES string of the molecule is C=C1CCc2cccnc21. The summed E-state index contributed by atoms with van der Waals surface area (Å²) in [6, 6.07) is 4.11. The van der Waals surface area contributed by atoms with Crippen LogP contribution in [0.1, 0.15) is 17.7 Å². The molecule has 0 amide bonds. The zero-order valence-electron chi connectivity index (χ0n) is 5.80. The third-order valence-corrected chi connectivity index (χ3v) is 1.92. The molecule has 0 saturated heterocycles. The lowest BCUT2D eigenvalue weighted by atomic mass is 10.2. The number of hydrogen-bond donors (Lipinski definition) is 0. The summed E-state index contributed by atoms with van der Waals surface area (Å²) in [6.45, 7) is 3.93. The first kappa shape index (κ1) is 5.66. The molecule has 10 heavy (non-hydrogen) atoms. The van der Waals surface area contributed by atoms with E-state index in [0.29, 0.717) is 0 Å². The van der Waals surface area contributed by atoms with E-state index >= 15 is 0 Å². The fraction of sp³-hybridized carbons (Fsp3) is 0.222. The van der Waals surface area contributed by atoms with E-state index in [1.54, 1.807) is 0 Å². The Kier molecular flexibility index (Phi) is 1.10. The molecule has 0 bridgehead atoms. The van der Waals surface area contributed by atoms with Crippen molar-refractivity contribution < 1.29 is 0 Å². The highest BCUT2D eigenvalue weighted by molar-refractivity contribution is 5.67. The van der Waals surface area contributed by atoms with Crippen LogP contribution in [0.3, 0.4) is 0 Å². The van der Waals surface area contributed by atoms with Crippen molar-refractivity contribution in [2.24, 2.45) is 0 Å². The monoisotopic (exact) mass is 131 g/mol. The van der Waals surface area contributed by atoms with Gasteiger partial charge in [-0.15, -0.1) is 0 Å². The molecule has 1 heteroatoms. The molecule has 0 aromatic carbocycles. The normalized spacial score (nSPS) is 15.4. The molecular weight excluding hydrogens is 122 g/mol. The van der Waals surface area contributed by atoms with Gasteiger partial charge in [-0.3, -0.25) is 4.98 Å². The lowest BCUT2D eigenvalue weighted by Gasteiger charge is -1.94. The van der Waals surface area contributed by atoms with Crippen molar-refractivity contribution in [1.82, 2.24) is 4.98 Å². The van der Waals surface area contributed by atoms with E-state index in [1.165, 1.54) is 11.1 Å². The average molecular weight is 131 g/mol. The Bertz CT molecular complexity index is 276. The van der Waals surface area contributed by atoms with Gasteiger partial charge in [-0.1, -0.05) is 12.6 Å². The number of pyridine rings is 1. The summed E-state index contributed by atoms with van der Waals surface area (Å²) in [6.07, 6.45) is 4.05. The van der Waals surface area contributed by atoms with Gasteiger partial charge < -0.3 is 0 Å².